The van der Waals surface area contributed by atoms with Crippen LogP contribution in [0, 0.1) is 11.3 Å². The Bertz CT molecular complexity index is 174. The maximum absolute atomic E-state index is 8.59. The molecule has 0 aromatic carbocycles. The van der Waals surface area contributed by atoms with E-state index in [1.54, 1.807) is 6.92 Å². The molecule has 0 aromatic heterocycles. The van der Waals surface area contributed by atoms with Gasteiger partial charge in [-0.1, -0.05) is 0 Å². The first-order valence-electron chi connectivity index (χ1n) is 4.11. The molecule has 0 radical (unpaired) electrons. The maximum Gasteiger partial charge on any atom is 0.103 e. The van der Waals surface area contributed by atoms with Crippen LogP contribution in [-0.4, -0.2) is 17.7 Å². The van der Waals surface area contributed by atoms with Gasteiger partial charge in [0.2, 0.25) is 0 Å². The molecule has 0 saturated heterocycles. The monoisotopic (exact) mass is 170 g/mol. The van der Waals surface area contributed by atoms with Gasteiger partial charge in [0.25, 0.3) is 0 Å². The lowest BCUT2D eigenvalue weighted by molar-refractivity contribution is -0.00786. The van der Waals surface area contributed by atoms with Crippen LogP contribution in [-0.2, 0) is 4.74 Å². The summed E-state index contributed by atoms with van der Waals surface area (Å²) in [6.45, 7) is 8.18. The Balaban J connectivity index is 3.66. The largest absolute Gasteiger partial charge is 0.376 e. The van der Waals surface area contributed by atoms with E-state index >= 15 is 0 Å². The third kappa shape index (κ3) is 6.14. The fourth-order valence-electron chi connectivity index (χ4n) is 0.625. The van der Waals surface area contributed by atoms with E-state index < -0.39 is 5.54 Å². The lowest BCUT2D eigenvalue weighted by Crippen LogP contribution is -2.36. The Morgan fingerprint density at radius 2 is 1.83 bits per heavy atom. The lowest BCUT2D eigenvalue weighted by Gasteiger charge is -2.22. The Labute approximate surface area is 74.5 Å². The zero-order valence-corrected chi connectivity index (χ0v) is 8.35. The lowest BCUT2D eigenvalue weighted by atomic mass is 10.0. The van der Waals surface area contributed by atoms with Gasteiger partial charge in [-0.25, -0.2) is 0 Å². The van der Waals surface area contributed by atoms with Crippen LogP contribution < -0.4 is 5.73 Å². The van der Waals surface area contributed by atoms with E-state index in [4.69, 9.17) is 15.7 Å². The highest BCUT2D eigenvalue weighted by molar-refractivity contribution is 5.00. The molecule has 12 heavy (non-hydrogen) atoms. The number of nitriles is 1. The van der Waals surface area contributed by atoms with Crippen molar-refractivity contribution in [2.75, 3.05) is 6.61 Å². The third-order valence-corrected chi connectivity index (χ3v) is 1.41. The minimum Gasteiger partial charge on any atom is -0.376 e. The molecular weight excluding hydrogens is 152 g/mol. The van der Waals surface area contributed by atoms with Gasteiger partial charge >= 0.3 is 0 Å². The third-order valence-electron chi connectivity index (χ3n) is 1.41. The predicted octanol–water partition coefficient (Wildman–Crippen LogP) is 1.43. The molecule has 1 unspecified atom stereocenters. The number of ether oxygens (including phenoxy) is 1. The summed E-state index contributed by atoms with van der Waals surface area (Å²) in [7, 11) is 0. The topological polar surface area (TPSA) is 59.0 Å². The molecular formula is C9H18N2O. The van der Waals surface area contributed by atoms with Crippen LogP contribution in [0.5, 0.6) is 0 Å². The van der Waals surface area contributed by atoms with Crippen molar-refractivity contribution in [3.05, 3.63) is 0 Å². The van der Waals surface area contributed by atoms with E-state index in [2.05, 4.69) is 0 Å². The first kappa shape index (κ1) is 11.4. The van der Waals surface area contributed by atoms with E-state index in [0.717, 1.165) is 0 Å². The van der Waals surface area contributed by atoms with E-state index in [9.17, 15) is 0 Å². The normalized spacial score (nSPS) is 16.7. The summed E-state index contributed by atoms with van der Waals surface area (Å²) in [5, 5.41) is 8.59. The number of rotatable bonds is 3. The summed E-state index contributed by atoms with van der Waals surface area (Å²) in [6.07, 6.45) is 0.570. The van der Waals surface area contributed by atoms with Crippen LogP contribution in [0.4, 0.5) is 0 Å². The molecule has 0 aliphatic heterocycles. The summed E-state index contributed by atoms with van der Waals surface area (Å²) >= 11 is 0. The summed E-state index contributed by atoms with van der Waals surface area (Å²) in [6, 6.07) is 2.03. The van der Waals surface area contributed by atoms with Crippen LogP contribution in [0.3, 0.4) is 0 Å². The summed E-state index contributed by atoms with van der Waals surface area (Å²) < 4.78 is 5.44. The summed E-state index contributed by atoms with van der Waals surface area (Å²) in [5.41, 5.74) is 4.70. The standard InChI is InChI=1S/C9H18N2O/c1-8(2,3)12-6-5-9(4,11)7-10/h5-6,11H2,1-4H3. The van der Waals surface area contributed by atoms with Crippen molar-refractivity contribution >= 4 is 0 Å². The van der Waals surface area contributed by atoms with Crippen molar-refractivity contribution in [1.82, 2.24) is 0 Å². The van der Waals surface area contributed by atoms with Gasteiger partial charge in [-0.2, -0.15) is 5.26 Å². The Hall–Kier alpha value is -0.590. The van der Waals surface area contributed by atoms with Crippen molar-refractivity contribution in [2.45, 2.75) is 45.3 Å². The molecule has 0 rings (SSSR count). The van der Waals surface area contributed by atoms with Crippen molar-refractivity contribution < 1.29 is 4.74 Å². The van der Waals surface area contributed by atoms with Gasteiger partial charge in [0, 0.05) is 6.42 Å². The maximum atomic E-state index is 8.59. The minimum atomic E-state index is -0.759. The summed E-state index contributed by atoms with van der Waals surface area (Å²) in [5.74, 6) is 0. The number of hydrogen-bond donors (Lipinski definition) is 1. The molecule has 0 saturated carbocycles. The molecule has 0 aliphatic carbocycles. The molecule has 0 aromatic rings. The second kappa shape index (κ2) is 3.88. The molecule has 3 nitrogen and oxygen atoms in total. The SMILES string of the molecule is CC(N)(C#N)CCOC(C)(C)C. The highest BCUT2D eigenvalue weighted by Gasteiger charge is 2.18. The van der Waals surface area contributed by atoms with Gasteiger partial charge in [-0.15, -0.1) is 0 Å². The second-order valence-electron chi connectivity index (χ2n) is 4.24. The van der Waals surface area contributed by atoms with Gasteiger partial charge in [-0.05, 0) is 27.7 Å². The average molecular weight is 170 g/mol. The van der Waals surface area contributed by atoms with Gasteiger partial charge in [0.05, 0.1) is 18.3 Å². The first-order chi connectivity index (χ1) is 5.27. The van der Waals surface area contributed by atoms with Gasteiger partial charge in [0.15, 0.2) is 0 Å². The molecule has 2 N–H and O–H groups in total. The van der Waals surface area contributed by atoms with E-state index in [1.165, 1.54) is 0 Å². The zero-order valence-electron chi connectivity index (χ0n) is 8.35. The average Bonchev–Trinajstić information content (AvgIpc) is 1.84. The molecule has 0 fully saturated rings. The fourth-order valence-corrected chi connectivity index (χ4v) is 0.625. The molecule has 3 heteroatoms. The Kier molecular flexibility index (Phi) is 3.69. The molecule has 0 heterocycles. The van der Waals surface area contributed by atoms with Crippen molar-refractivity contribution in [2.24, 2.45) is 5.73 Å². The van der Waals surface area contributed by atoms with Crippen LogP contribution in [0.25, 0.3) is 0 Å². The molecule has 1 atom stereocenters. The van der Waals surface area contributed by atoms with Crippen molar-refractivity contribution in [1.29, 1.82) is 5.26 Å². The van der Waals surface area contributed by atoms with E-state index in [-0.39, 0.29) is 5.60 Å². The van der Waals surface area contributed by atoms with Gasteiger partial charge in [-0.3, -0.25) is 0 Å². The molecule has 0 aliphatic rings. The number of hydrogen-bond acceptors (Lipinski definition) is 3. The number of nitrogens with two attached hydrogens (primary N) is 1. The quantitative estimate of drug-likeness (QED) is 0.697. The van der Waals surface area contributed by atoms with Crippen molar-refractivity contribution in [3.8, 4) is 6.07 Å². The Morgan fingerprint density at radius 3 is 2.17 bits per heavy atom. The Morgan fingerprint density at radius 1 is 1.33 bits per heavy atom. The smallest absolute Gasteiger partial charge is 0.103 e. The van der Waals surface area contributed by atoms with E-state index in [0.29, 0.717) is 13.0 Å². The van der Waals surface area contributed by atoms with Crippen LogP contribution in [0.15, 0.2) is 0 Å². The fraction of sp³-hybridized carbons (Fsp3) is 0.889. The van der Waals surface area contributed by atoms with E-state index in [1.807, 2.05) is 26.8 Å². The minimum absolute atomic E-state index is 0.147. The molecule has 70 valence electrons. The van der Waals surface area contributed by atoms with Gasteiger partial charge < -0.3 is 10.5 Å². The first-order valence-corrected chi connectivity index (χ1v) is 4.11. The van der Waals surface area contributed by atoms with Crippen molar-refractivity contribution in [3.63, 3.8) is 0 Å². The van der Waals surface area contributed by atoms with Crippen LogP contribution in [0.2, 0.25) is 0 Å². The number of nitrogens with zero attached hydrogens (tertiary/aromatic N) is 1. The second-order valence-corrected chi connectivity index (χ2v) is 4.24. The molecule has 0 spiro atoms. The summed E-state index contributed by atoms with van der Waals surface area (Å²) in [4.78, 5) is 0. The predicted molar refractivity (Wildman–Crippen MR) is 48.5 cm³/mol. The van der Waals surface area contributed by atoms with Gasteiger partial charge in [0.1, 0.15) is 5.54 Å². The zero-order chi connectivity index (χ0) is 9.83. The highest BCUT2D eigenvalue weighted by Crippen LogP contribution is 2.10. The van der Waals surface area contributed by atoms with Crippen LogP contribution >= 0.6 is 0 Å². The highest BCUT2D eigenvalue weighted by atomic mass is 16.5. The molecule has 0 bridgehead atoms. The molecule has 0 amide bonds. The van der Waals surface area contributed by atoms with Crippen LogP contribution in [0.1, 0.15) is 34.1 Å².